The van der Waals surface area contributed by atoms with Gasteiger partial charge in [0.15, 0.2) is 0 Å². The van der Waals surface area contributed by atoms with Gasteiger partial charge in [0, 0.05) is 42.1 Å². The lowest BCUT2D eigenvalue weighted by Crippen LogP contribution is -2.06. The van der Waals surface area contributed by atoms with E-state index in [1.807, 2.05) is 47.0 Å². The van der Waals surface area contributed by atoms with Crippen molar-refractivity contribution in [1.82, 2.24) is 0 Å². The number of allylic oxidation sites excluding steroid dienone is 4. The fraction of sp³-hybridized carbons (Fsp3) is 0.109. The number of rotatable bonds is 5. The van der Waals surface area contributed by atoms with Gasteiger partial charge in [-0.15, -0.1) is 22.7 Å². The van der Waals surface area contributed by atoms with Crippen molar-refractivity contribution >= 4 is 61.1 Å². The molecule has 2 aromatic heterocycles. The Balaban J connectivity index is 1.47. The molecule has 0 atom stereocenters. The summed E-state index contributed by atoms with van der Waals surface area (Å²) in [5, 5.41) is 5.06. The van der Waals surface area contributed by atoms with Gasteiger partial charge < -0.3 is 4.74 Å². The van der Waals surface area contributed by atoms with Crippen LogP contribution in [0.3, 0.4) is 0 Å². The van der Waals surface area contributed by atoms with Crippen molar-refractivity contribution in [1.29, 1.82) is 0 Å². The number of thiophene rings is 2. The summed E-state index contributed by atoms with van der Waals surface area (Å²) in [6.45, 7) is 6.69. The van der Waals surface area contributed by atoms with Gasteiger partial charge >= 0.3 is 5.78 Å². The van der Waals surface area contributed by atoms with Crippen molar-refractivity contribution in [3.63, 3.8) is 0 Å². The van der Waals surface area contributed by atoms with E-state index in [1.54, 1.807) is 14.2 Å². The largest absolute Gasteiger partial charge is 0.497 e. The van der Waals surface area contributed by atoms with E-state index in [2.05, 4.69) is 130 Å². The zero-order valence-corrected chi connectivity index (χ0v) is 30.5. The second kappa shape index (κ2) is 13.2. The molecule has 7 aromatic rings. The first kappa shape index (κ1) is 31.9. The predicted molar refractivity (Wildman–Crippen MR) is 215 cm³/mol. The van der Waals surface area contributed by atoms with E-state index < -0.39 is 0 Å². The van der Waals surface area contributed by atoms with Gasteiger partial charge in [0.05, 0.1) is 7.11 Å². The molecule has 0 spiro atoms. The average molecular weight is 686 g/mol. The SMILES string of the molecule is COc1ccc(-c2ccc(/C(c3c4ccccc4c(-c4c(C)cc(C)cc4C)c4ccccc34)=c3/ccc(=C4C=CC(=[O+]C)C=C4)s3)s2)cc1. The number of hydrogen-bond donors (Lipinski definition) is 0. The van der Waals surface area contributed by atoms with Crippen LogP contribution in [0.1, 0.15) is 27.1 Å². The van der Waals surface area contributed by atoms with Crippen LogP contribution in [-0.2, 0) is 4.42 Å². The molecule has 0 saturated heterocycles. The van der Waals surface area contributed by atoms with Gasteiger partial charge in [-0.05, 0) is 136 Å². The van der Waals surface area contributed by atoms with Crippen molar-refractivity contribution < 1.29 is 9.16 Å². The predicted octanol–water partition coefficient (Wildman–Crippen LogP) is 10.6. The molecule has 50 heavy (non-hydrogen) atoms. The van der Waals surface area contributed by atoms with Gasteiger partial charge in [-0.2, -0.15) is 0 Å². The summed E-state index contributed by atoms with van der Waals surface area (Å²) < 4.78 is 13.4. The second-order valence-corrected chi connectivity index (χ2v) is 14.9. The minimum atomic E-state index is 0.861. The van der Waals surface area contributed by atoms with Crippen LogP contribution in [0.15, 0.2) is 133 Å². The molecule has 0 fully saturated rings. The Labute approximate surface area is 301 Å². The maximum atomic E-state index is 5.45. The lowest BCUT2D eigenvalue weighted by Gasteiger charge is -2.21. The molecule has 0 unspecified atom stereocenters. The summed E-state index contributed by atoms with van der Waals surface area (Å²) in [4.78, 5) is 2.47. The molecule has 0 saturated carbocycles. The van der Waals surface area contributed by atoms with Crippen LogP contribution >= 0.6 is 22.7 Å². The minimum Gasteiger partial charge on any atom is -0.497 e. The van der Waals surface area contributed by atoms with E-state index in [-0.39, 0.29) is 0 Å². The lowest BCUT2D eigenvalue weighted by molar-refractivity contribution is -0.417. The first-order valence-corrected chi connectivity index (χ1v) is 18.4. The quantitative estimate of drug-likeness (QED) is 0.130. The second-order valence-electron chi connectivity index (χ2n) is 12.8. The van der Waals surface area contributed by atoms with Gasteiger partial charge in [-0.1, -0.05) is 66.2 Å². The van der Waals surface area contributed by atoms with Crippen molar-refractivity contribution in [2.75, 3.05) is 14.2 Å². The van der Waals surface area contributed by atoms with Crippen molar-refractivity contribution in [2.24, 2.45) is 0 Å². The van der Waals surface area contributed by atoms with E-state index in [4.69, 9.17) is 9.16 Å². The number of methoxy groups -OCH3 is 1. The number of ketones is 1. The summed E-state index contributed by atoms with van der Waals surface area (Å²) in [6, 6.07) is 40.1. The normalized spacial score (nSPS) is 13.4. The molecule has 4 heteroatoms. The molecule has 0 bridgehead atoms. The van der Waals surface area contributed by atoms with Crippen molar-refractivity contribution in [3.8, 4) is 27.3 Å². The van der Waals surface area contributed by atoms with E-state index in [9.17, 15) is 0 Å². The monoisotopic (exact) mass is 685 g/mol. The Bertz CT molecular complexity index is 2560. The molecule has 5 aromatic carbocycles. The highest BCUT2D eigenvalue weighted by atomic mass is 32.1. The van der Waals surface area contributed by atoms with E-state index in [1.165, 1.54) is 90.5 Å². The molecule has 0 aliphatic heterocycles. The Hall–Kier alpha value is -5.29. The van der Waals surface area contributed by atoms with Crippen LogP contribution in [0.25, 0.3) is 54.3 Å². The molecule has 2 nitrogen and oxygen atoms in total. The summed E-state index contributed by atoms with van der Waals surface area (Å²) in [6.07, 6.45) is 8.36. The van der Waals surface area contributed by atoms with Crippen LogP contribution < -0.4 is 13.8 Å². The fourth-order valence-electron chi connectivity index (χ4n) is 7.37. The van der Waals surface area contributed by atoms with Gasteiger partial charge in [0.25, 0.3) is 7.11 Å². The van der Waals surface area contributed by atoms with E-state index >= 15 is 0 Å². The van der Waals surface area contributed by atoms with Crippen LogP contribution in [0.4, 0.5) is 0 Å². The fourth-order valence-corrected chi connectivity index (χ4v) is 9.59. The number of fused-ring (bicyclic) bond motifs is 2. The average Bonchev–Trinajstić information content (AvgIpc) is 3.83. The topological polar surface area (TPSA) is 20.5 Å². The van der Waals surface area contributed by atoms with E-state index in [0.717, 1.165) is 11.5 Å². The number of aryl methyl sites for hydroxylation is 3. The Morgan fingerprint density at radius 2 is 1.24 bits per heavy atom. The first-order valence-electron chi connectivity index (χ1n) is 16.8. The number of benzene rings is 5. The van der Waals surface area contributed by atoms with Crippen LogP contribution in [0.5, 0.6) is 5.75 Å². The van der Waals surface area contributed by atoms with Gasteiger partial charge in [0.2, 0.25) is 0 Å². The Kier molecular flexibility index (Phi) is 8.44. The summed E-state index contributed by atoms with van der Waals surface area (Å²) in [5.74, 6) is 1.72. The maximum Gasteiger partial charge on any atom is 0.343 e. The Morgan fingerprint density at radius 1 is 0.620 bits per heavy atom. The summed E-state index contributed by atoms with van der Waals surface area (Å²) in [7, 11) is 3.42. The smallest absolute Gasteiger partial charge is 0.343 e. The molecular weight excluding hydrogens is 649 g/mol. The third kappa shape index (κ3) is 5.65. The van der Waals surface area contributed by atoms with Gasteiger partial charge in [-0.3, -0.25) is 4.42 Å². The number of hydrogen-bond acceptors (Lipinski definition) is 3. The third-order valence-corrected chi connectivity index (χ3v) is 11.9. The third-order valence-electron chi connectivity index (χ3n) is 9.56. The molecular formula is C46H37O2S2+. The van der Waals surface area contributed by atoms with Crippen LogP contribution in [0.2, 0.25) is 0 Å². The highest BCUT2D eigenvalue weighted by Gasteiger charge is 2.22. The van der Waals surface area contributed by atoms with Crippen LogP contribution in [0, 0.1) is 20.8 Å². The molecule has 0 N–H and O–H groups in total. The summed E-state index contributed by atoms with van der Waals surface area (Å²) >= 11 is 3.69. The number of carbonyl (C=O) groups excluding carboxylic acids is 1. The summed E-state index contributed by atoms with van der Waals surface area (Å²) in [5.41, 5.74) is 11.4. The highest BCUT2D eigenvalue weighted by molar-refractivity contribution is 7.17. The molecule has 244 valence electrons. The van der Waals surface area contributed by atoms with Crippen LogP contribution in [-0.4, -0.2) is 20.0 Å². The zero-order chi connectivity index (χ0) is 34.4. The molecule has 1 aliphatic carbocycles. The zero-order valence-electron chi connectivity index (χ0n) is 28.8. The van der Waals surface area contributed by atoms with Crippen molar-refractivity contribution in [3.05, 3.63) is 170 Å². The van der Waals surface area contributed by atoms with Gasteiger partial charge in [0.1, 0.15) is 5.75 Å². The van der Waals surface area contributed by atoms with E-state index in [0.29, 0.717) is 0 Å². The number of ether oxygens (including phenoxy) is 1. The molecule has 0 radical (unpaired) electrons. The minimum absolute atomic E-state index is 0.861. The van der Waals surface area contributed by atoms with Crippen molar-refractivity contribution in [2.45, 2.75) is 20.8 Å². The molecule has 8 rings (SSSR count). The molecule has 1 aliphatic rings. The standard InChI is InChI=1S/C46H37O2S2/c1-28-26-29(2)43(30(3)27-28)44-35-10-6-8-12-37(35)45(38-13-9-7-11-36(38)44)46(41-24-22-39(49-41)31-14-18-33(47-4)19-15-31)42-25-23-40(50-42)32-16-20-34(48-5)21-17-32/h6-27H,1-5H3/q+1/b46-41+. The van der Waals surface area contributed by atoms with Gasteiger partial charge in [-0.25, -0.2) is 0 Å². The Morgan fingerprint density at radius 3 is 1.84 bits per heavy atom. The first-order chi connectivity index (χ1) is 24.4. The highest BCUT2D eigenvalue weighted by Crippen LogP contribution is 2.46. The maximum absolute atomic E-state index is 5.45. The lowest BCUT2D eigenvalue weighted by atomic mass is 9.83. The molecule has 2 heterocycles. The molecule has 0 amide bonds.